The molecule has 3 nitrogen and oxygen atoms in total. The second-order valence-electron chi connectivity index (χ2n) is 3.37. The Morgan fingerprint density at radius 1 is 1.60 bits per heavy atom. The molecule has 0 saturated heterocycles. The molecule has 5 heteroatoms. The van der Waals surface area contributed by atoms with Gasteiger partial charge in [0.2, 0.25) is 0 Å². The zero-order valence-electron chi connectivity index (χ0n) is 8.44. The van der Waals surface area contributed by atoms with E-state index in [2.05, 4.69) is 21.0 Å². The summed E-state index contributed by atoms with van der Waals surface area (Å²) in [6.45, 7) is 2.00. The Morgan fingerprint density at radius 2 is 2.33 bits per heavy atom. The summed E-state index contributed by atoms with van der Waals surface area (Å²) >= 11 is 4.95. The van der Waals surface area contributed by atoms with Crippen LogP contribution in [-0.2, 0) is 7.05 Å². The lowest BCUT2D eigenvalue weighted by molar-refractivity contribution is 0.212. The molecule has 2 aromatic heterocycles. The fraction of sp³-hybridized carbons (Fsp3) is 0.300. The van der Waals surface area contributed by atoms with Gasteiger partial charge in [-0.1, -0.05) is 0 Å². The Labute approximate surface area is 100 Å². The summed E-state index contributed by atoms with van der Waals surface area (Å²) in [5.74, 6) is 0. The summed E-state index contributed by atoms with van der Waals surface area (Å²) in [5.41, 5.74) is 1.90. The molecule has 0 amide bonds. The van der Waals surface area contributed by atoms with Gasteiger partial charge in [-0.3, -0.25) is 4.68 Å². The number of rotatable bonds is 2. The molecule has 0 radical (unpaired) electrons. The van der Waals surface area contributed by atoms with Gasteiger partial charge in [-0.05, 0) is 39.9 Å². The largest absolute Gasteiger partial charge is 0.381 e. The maximum absolute atomic E-state index is 10.2. The zero-order chi connectivity index (χ0) is 11.0. The van der Waals surface area contributed by atoms with Crippen LogP contribution in [0.2, 0.25) is 0 Å². The van der Waals surface area contributed by atoms with E-state index in [9.17, 15) is 5.11 Å². The van der Waals surface area contributed by atoms with E-state index >= 15 is 0 Å². The van der Waals surface area contributed by atoms with Gasteiger partial charge in [0.25, 0.3) is 0 Å². The fourth-order valence-corrected chi connectivity index (χ4v) is 2.99. The van der Waals surface area contributed by atoms with E-state index in [1.165, 1.54) is 0 Å². The number of hydrogen-bond donors (Lipinski definition) is 1. The van der Waals surface area contributed by atoms with E-state index in [0.29, 0.717) is 0 Å². The van der Waals surface area contributed by atoms with E-state index in [0.717, 1.165) is 20.6 Å². The molecule has 1 atom stereocenters. The molecule has 0 aliphatic carbocycles. The fourth-order valence-electron chi connectivity index (χ4n) is 1.52. The molecular weight excluding hydrogens is 276 g/mol. The molecule has 0 aliphatic heterocycles. The van der Waals surface area contributed by atoms with Crippen LogP contribution >= 0.6 is 27.3 Å². The molecule has 2 heterocycles. The van der Waals surface area contributed by atoms with Crippen molar-refractivity contribution in [1.29, 1.82) is 0 Å². The average Bonchev–Trinajstić information content (AvgIpc) is 2.73. The van der Waals surface area contributed by atoms with Gasteiger partial charge in [-0.25, -0.2) is 0 Å². The van der Waals surface area contributed by atoms with Crippen LogP contribution in [0.1, 0.15) is 22.2 Å². The molecule has 1 N–H and O–H groups in total. The lowest BCUT2D eigenvalue weighted by Crippen LogP contribution is -2.06. The third-order valence-electron chi connectivity index (χ3n) is 2.35. The molecule has 0 saturated carbocycles. The maximum atomic E-state index is 10.2. The highest BCUT2D eigenvalue weighted by Gasteiger charge is 2.20. The molecular formula is C10H11BrN2OS. The predicted octanol–water partition coefficient (Wildman–Crippen LogP) is 2.63. The number of aryl methyl sites for hydroxylation is 2. The van der Waals surface area contributed by atoms with Crippen LogP contribution in [0.3, 0.4) is 0 Å². The van der Waals surface area contributed by atoms with Crippen molar-refractivity contribution in [3.8, 4) is 0 Å². The standard InChI is InChI=1S/C10H11BrN2OS/c1-6-3-4-15-10(6)9(14)8-7(11)5-12-13(8)2/h3-5,9,14H,1-2H3. The minimum absolute atomic E-state index is 0.605. The van der Waals surface area contributed by atoms with Gasteiger partial charge in [-0.15, -0.1) is 11.3 Å². The molecule has 0 fully saturated rings. The summed E-state index contributed by atoms with van der Waals surface area (Å²) in [6.07, 6.45) is 1.09. The monoisotopic (exact) mass is 286 g/mol. The minimum Gasteiger partial charge on any atom is -0.381 e. The van der Waals surface area contributed by atoms with Crippen LogP contribution in [0.25, 0.3) is 0 Å². The van der Waals surface area contributed by atoms with Gasteiger partial charge < -0.3 is 5.11 Å². The molecule has 15 heavy (non-hydrogen) atoms. The summed E-state index contributed by atoms with van der Waals surface area (Å²) in [5, 5.41) is 16.3. The Morgan fingerprint density at radius 3 is 2.80 bits per heavy atom. The second kappa shape index (κ2) is 4.08. The summed E-state index contributed by atoms with van der Waals surface area (Å²) in [7, 11) is 1.83. The van der Waals surface area contributed by atoms with Crippen LogP contribution in [-0.4, -0.2) is 14.9 Å². The van der Waals surface area contributed by atoms with E-state index < -0.39 is 6.10 Å². The normalized spacial score (nSPS) is 13.1. The van der Waals surface area contributed by atoms with Crippen molar-refractivity contribution in [2.45, 2.75) is 13.0 Å². The van der Waals surface area contributed by atoms with Crippen LogP contribution < -0.4 is 0 Å². The summed E-state index contributed by atoms with van der Waals surface area (Å²) < 4.78 is 2.53. The predicted molar refractivity (Wildman–Crippen MR) is 64.0 cm³/mol. The van der Waals surface area contributed by atoms with Crippen molar-refractivity contribution in [3.05, 3.63) is 38.3 Å². The topological polar surface area (TPSA) is 38.1 Å². The molecule has 80 valence electrons. The first-order valence-electron chi connectivity index (χ1n) is 4.50. The Kier molecular flexibility index (Phi) is 2.95. The van der Waals surface area contributed by atoms with Crippen LogP contribution in [0, 0.1) is 6.92 Å². The third-order valence-corrected chi connectivity index (χ3v) is 4.03. The van der Waals surface area contributed by atoms with Gasteiger partial charge in [0.1, 0.15) is 6.10 Å². The lowest BCUT2D eigenvalue weighted by Gasteiger charge is -2.11. The van der Waals surface area contributed by atoms with Gasteiger partial charge in [0.15, 0.2) is 0 Å². The van der Waals surface area contributed by atoms with E-state index in [4.69, 9.17) is 0 Å². The van der Waals surface area contributed by atoms with Crippen molar-refractivity contribution < 1.29 is 5.11 Å². The van der Waals surface area contributed by atoms with Crippen molar-refractivity contribution in [2.24, 2.45) is 7.05 Å². The number of thiophene rings is 1. The smallest absolute Gasteiger partial charge is 0.131 e. The maximum Gasteiger partial charge on any atom is 0.131 e. The van der Waals surface area contributed by atoms with Crippen molar-refractivity contribution in [1.82, 2.24) is 9.78 Å². The van der Waals surface area contributed by atoms with Gasteiger partial charge in [0.05, 0.1) is 16.4 Å². The van der Waals surface area contributed by atoms with Crippen molar-refractivity contribution in [3.63, 3.8) is 0 Å². The summed E-state index contributed by atoms with van der Waals surface area (Å²) in [6, 6.07) is 2.01. The molecule has 1 unspecified atom stereocenters. The molecule has 0 spiro atoms. The first-order valence-corrected chi connectivity index (χ1v) is 6.18. The molecule has 0 aliphatic rings. The molecule has 2 aromatic rings. The number of hydrogen-bond acceptors (Lipinski definition) is 3. The van der Waals surface area contributed by atoms with Crippen LogP contribution in [0.4, 0.5) is 0 Å². The van der Waals surface area contributed by atoms with Gasteiger partial charge >= 0.3 is 0 Å². The molecule has 2 rings (SSSR count). The van der Waals surface area contributed by atoms with Gasteiger partial charge in [-0.2, -0.15) is 5.10 Å². The summed E-state index contributed by atoms with van der Waals surface area (Å²) in [4.78, 5) is 0.972. The third kappa shape index (κ3) is 1.87. The Balaban J connectivity index is 2.45. The Bertz CT molecular complexity index is 458. The van der Waals surface area contributed by atoms with Crippen molar-refractivity contribution >= 4 is 27.3 Å². The molecule has 0 aromatic carbocycles. The second-order valence-corrected chi connectivity index (χ2v) is 5.17. The lowest BCUT2D eigenvalue weighted by atomic mass is 10.1. The first-order chi connectivity index (χ1) is 7.11. The van der Waals surface area contributed by atoms with Gasteiger partial charge in [0, 0.05) is 11.9 Å². The van der Waals surface area contributed by atoms with E-state index in [1.807, 2.05) is 25.4 Å². The van der Waals surface area contributed by atoms with Crippen molar-refractivity contribution in [2.75, 3.05) is 0 Å². The average molecular weight is 287 g/mol. The van der Waals surface area contributed by atoms with E-state index in [1.54, 1.807) is 22.2 Å². The SMILES string of the molecule is Cc1ccsc1C(O)c1c(Br)cnn1C. The number of aromatic nitrogens is 2. The highest BCUT2D eigenvalue weighted by molar-refractivity contribution is 9.10. The number of halogens is 1. The number of nitrogens with zero attached hydrogens (tertiary/aromatic N) is 2. The number of aliphatic hydroxyl groups is 1. The number of aliphatic hydroxyl groups excluding tert-OH is 1. The Hall–Kier alpha value is -0.650. The highest BCUT2D eigenvalue weighted by atomic mass is 79.9. The molecule has 0 bridgehead atoms. The van der Waals surface area contributed by atoms with E-state index in [-0.39, 0.29) is 0 Å². The zero-order valence-corrected chi connectivity index (χ0v) is 10.8. The first kappa shape index (κ1) is 10.9. The van der Waals surface area contributed by atoms with Crippen LogP contribution in [0.15, 0.2) is 22.1 Å². The highest BCUT2D eigenvalue weighted by Crippen LogP contribution is 2.32. The quantitative estimate of drug-likeness (QED) is 0.922. The minimum atomic E-state index is -0.605. The van der Waals surface area contributed by atoms with Crippen LogP contribution in [0.5, 0.6) is 0 Å².